The largest absolute Gasteiger partial charge is 0.522 e. The average molecular weight is 513 g/mol. The summed E-state index contributed by atoms with van der Waals surface area (Å²) in [5, 5.41) is 13.9. The molecule has 1 aromatic heterocycles. The maximum Gasteiger partial charge on any atom is 0.522 e. The SMILES string of the molecule is COc1ccc(-c2nn3c(c2C(N)=O)C(=O)N(c2ccc(CCOC(F)(F)F)cc2)[C@@H](C)C3)cc1C#N. The number of hydrogen-bond donors (Lipinski definition) is 1. The van der Waals surface area contributed by atoms with E-state index in [1.807, 2.05) is 6.07 Å². The van der Waals surface area contributed by atoms with Crippen LogP contribution in [0.15, 0.2) is 42.5 Å². The van der Waals surface area contributed by atoms with E-state index in [1.165, 1.54) is 22.8 Å². The number of rotatable bonds is 7. The molecule has 1 aliphatic rings. The number of amides is 2. The Hall–Kier alpha value is -4.37. The number of carbonyl (C=O) groups excluding carboxylic acids is 2. The molecule has 1 aliphatic heterocycles. The van der Waals surface area contributed by atoms with Gasteiger partial charge < -0.3 is 15.4 Å². The first kappa shape index (κ1) is 25.7. The van der Waals surface area contributed by atoms with Crippen molar-refractivity contribution in [1.82, 2.24) is 9.78 Å². The molecule has 192 valence electrons. The van der Waals surface area contributed by atoms with Crippen LogP contribution in [-0.2, 0) is 17.7 Å². The second kappa shape index (κ2) is 9.94. The van der Waals surface area contributed by atoms with Crippen LogP contribution < -0.4 is 15.4 Å². The number of primary amides is 1. The summed E-state index contributed by atoms with van der Waals surface area (Å²) in [5.74, 6) is -1.01. The van der Waals surface area contributed by atoms with E-state index in [-0.39, 0.29) is 41.5 Å². The third kappa shape index (κ3) is 5.12. The average Bonchev–Trinajstić information content (AvgIpc) is 3.23. The highest BCUT2D eigenvalue weighted by Gasteiger charge is 2.38. The van der Waals surface area contributed by atoms with Crippen LogP contribution in [0, 0.1) is 11.3 Å². The molecule has 0 saturated carbocycles. The van der Waals surface area contributed by atoms with Crippen molar-refractivity contribution < 1.29 is 32.2 Å². The number of fused-ring (bicyclic) bond motifs is 1. The van der Waals surface area contributed by atoms with E-state index in [0.29, 0.717) is 22.6 Å². The maximum atomic E-state index is 13.6. The second-order valence-corrected chi connectivity index (χ2v) is 8.38. The molecule has 0 bridgehead atoms. The molecular weight excluding hydrogens is 491 g/mol. The van der Waals surface area contributed by atoms with E-state index in [2.05, 4.69) is 9.84 Å². The quantitative estimate of drug-likeness (QED) is 0.514. The van der Waals surface area contributed by atoms with E-state index in [1.54, 1.807) is 43.3 Å². The lowest BCUT2D eigenvalue weighted by atomic mass is 10.0. The van der Waals surface area contributed by atoms with Gasteiger partial charge in [-0.3, -0.25) is 19.0 Å². The highest BCUT2D eigenvalue weighted by Crippen LogP contribution is 2.34. The number of aromatic nitrogens is 2. The Labute approximate surface area is 209 Å². The van der Waals surface area contributed by atoms with E-state index >= 15 is 0 Å². The number of benzene rings is 2. The van der Waals surface area contributed by atoms with Gasteiger partial charge in [-0.15, -0.1) is 13.2 Å². The predicted octanol–water partition coefficient (Wildman–Crippen LogP) is 3.66. The first-order valence-corrected chi connectivity index (χ1v) is 11.2. The number of anilines is 1. The highest BCUT2D eigenvalue weighted by atomic mass is 19.4. The topological polar surface area (TPSA) is 123 Å². The lowest BCUT2D eigenvalue weighted by molar-refractivity contribution is -0.324. The molecule has 2 heterocycles. The molecule has 2 amide bonds. The summed E-state index contributed by atoms with van der Waals surface area (Å²) in [7, 11) is 1.43. The van der Waals surface area contributed by atoms with Crippen LogP contribution >= 0.6 is 0 Å². The number of nitrogens with zero attached hydrogens (tertiary/aromatic N) is 4. The lowest BCUT2D eigenvalue weighted by Crippen LogP contribution is -2.47. The molecule has 4 rings (SSSR count). The van der Waals surface area contributed by atoms with Gasteiger partial charge in [0.2, 0.25) is 0 Å². The van der Waals surface area contributed by atoms with Gasteiger partial charge in [0.25, 0.3) is 11.8 Å². The number of hydrogen-bond acceptors (Lipinski definition) is 6. The minimum atomic E-state index is -4.70. The molecule has 0 spiro atoms. The Morgan fingerprint density at radius 1 is 1.24 bits per heavy atom. The Kier molecular flexibility index (Phi) is 6.91. The number of methoxy groups -OCH3 is 1. The van der Waals surface area contributed by atoms with Gasteiger partial charge in [-0.05, 0) is 49.2 Å². The fourth-order valence-electron chi connectivity index (χ4n) is 4.32. The van der Waals surface area contributed by atoms with Gasteiger partial charge >= 0.3 is 6.36 Å². The highest BCUT2D eigenvalue weighted by molar-refractivity contribution is 6.15. The lowest BCUT2D eigenvalue weighted by Gasteiger charge is -2.34. The molecule has 12 heteroatoms. The van der Waals surface area contributed by atoms with Crippen molar-refractivity contribution in [3.05, 3.63) is 64.8 Å². The van der Waals surface area contributed by atoms with Crippen molar-refractivity contribution in [2.75, 3.05) is 18.6 Å². The van der Waals surface area contributed by atoms with E-state index in [4.69, 9.17) is 10.5 Å². The molecular formula is C25H22F3N5O4. The van der Waals surface area contributed by atoms with E-state index in [0.717, 1.165) is 0 Å². The normalized spacial score (nSPS) is 15.3. The fourth-order valence-corrected chi connectivity index (χ4v) is 4.32. The Morgan fingerprint density at radius 3 is 2.54 bits per heavy atom. The van der Waals surface area contributed by atoms with Gasteiger partial charge in [-0.25, -0.2) is 0 Å². The zero-order valence-corrected chi connectivity index (χ0v) is 19.9. The third-order valence-electron chi connectivity index (χ3n) is 5.96. The van der Waals surface area contributed by atoms with Crippen molar-refractivity contribution in [3.63, 3.8) is 0 Å². The molecule has 3 aromatic rings. The Balaban J connectivity index is 1.68. The van der Waals surface area contributed by atoms with Gasteiger partial charge in [0.1, 0.15) is 23.2 Å². The monoisotopic (exact) mass is 513 g/mol. The predicted molar refractivity (Wildman–Crippen MR) is 126 cm³/mol. The number of halogens is 3. The molecule has 0 fully saturated rings. The van der Waals surface area contributed by atoms with Crippen molar-refractivity contribution in [1.29, 1.82) is 5.26 Å². The standard InChI is InChI=1S/C25H22F3N5O4/c1-14-13-32-22(20(23(30)34)21(31-32)16-5-8-19(36-2)17(11-16)12-29)24(35)33(14)18-6-3-15(4-7-18)9-10-37-25(26,27)28/h3-8,11,14H,9-10,13H2,1-2H3,(H2,30,34)/t14-/m0/s1. The van der Waals surface area contributed by atoms with Gasteiger partial charge in [-0.1, -0.05) is 12.1 Å². The summed E-state index contributed by atoms with van der Waals surface area (Å²) >= 11 is 0. The summed E-state index contributed by atoms with van der Waals surface area (Å²) in [6, 6.07) is 12.8. The molecule has 2 N–H and O–H groups in total. The summed E-state index contributed by atoms with van der Waals surface area (Å²) < 4.78 is 47.1. The summed E-state index contributed by atoms with van der Waals surface area (Å²) in [6.45, 7) is 1.53. The van der Waals surface area contributed by atoms with Crippen molar-refractivity contribution >= 4 is 17.5 Å². The number of nitriles is 1. The zero-order valence-electron chi connectivity index (χ0n) is 19.9. The van der Waals surface area contributed by atoms with Crippen LogP contribution in [-0.4, -0.2) is 47.7 Å². The van der Waals surface area contributed by atoms with Crippen LogP contribution in [0.3, 0.4) is 0 Å². The van der Waals surface area contributed by atoms with Crippen molar-refractivity contribution in [2.45, 2.75) is 32.3 Å². The third-order valence-corrected chi connectivity index (χ3v) is 5.96. The Morgan fingerprint density at radius 2 is 1.95 bits per heavy atom. The smallest absolute Gasteiger partial charge is 0.495 e. The number of alkyl halides is 3. The Bertz CT molecular complexity index is 1390. The molecule has 37 heavy (non-hydrogen) atoms. The van der Waals surface area contributed by atoms with Crippen LogP contribution in [0.5, 0.6) is 5.75 Å². The number of carbonyl (C=O) groups is 2. The minimum absolute atomic E-state index is 0.0116. The second-order valence-electron chi connectivity index (χ2n) is 8.38. The molecule has 9 nitrogen and oxygen atoms in total. The number of nitrogens with two attached hydrogens (primary N) is 1. The molecule has 0 unspecified atom stereocenters. The number of ether oxygens (including phenoxy) is 2. The first-order valence-electron chi connectivity index (χ1n) is 11.2. The van der Waals surface area contributed by atoms with Crippen molar-refractivity contribution in [2.24, 2.45) is 5.73 Å². The van der Waals surface area contributed by atoms with Gasteiger partial charge in [0, 0.05) is 11.3 Å². The first-order chi connectivity index (χ1) is 17.5. The van der Waals surface area contributed by atoms with Gasteiger partial charge in [-0.2, -0.15) is 10.4 Å². The van der Waals surface area contributed by atoms with Gasteiger partial charge in [0.15, 0.2) is 0 Å². The van der Waals surface area contributed by atoms with Gasteiger partial charge in [0.05, 0.1) is 37.4 Å². The maximum absolute atomic E-state index is 13.6. The summed E-state index contributed by atoms with van der Waals surface area (Å²) in [6.07, 6.45) is -4.66. The van der Waals surface area contributed by atoms with Crippen LogP contribution in [0.25, 0.3) is 11.3 Å². The van der Waals surface area contributed by atoms with E-state index < -0.39 is 24.8 Å². The molecule has 2 aromatic carbocycles. The molecule has 0 aliphatic carbocycles. The molecule has 1 atom stereocenters. The zero-order chi connectivity index (χ0) is 26.9. The van der Waals surface area contributed by atoms with Crippen LogP contribution in [0.2, 0.25) is 0 Å². The minimum Gasteiger partial charge on any atom is -0.495 e. The van der Waals surface area contributed by atoms with Crippen molar-refractivity contribution in [3.8, 4) is 23.1 Å². The summed E-state index contributed by atoms with van der Waals surface area (Å²) in [5.41, 5.74) is 7.54. The molecule has 0 radical (unpaired) electrons. The van der Waals surface area contributed by atoms with Crippen LogP contribution in [0.4, 0.5) is 18.9 Å². The summed E-state index contributed by atoms with van der Waals surface area (Å²) in [4.78, 5) is 27.6. The fraction of sp³-hybridized carbons (Fsp3) is 0.280. The van der Waals surface area contributed by atoms with Crippen LogP contribution in [0.1, 0.15) is 38.9 Å². The molecule has 0 saturated heterocycles. The van der Waals surface area contributed by atoms with E-state index in [9.17, 15) is 28.0 Å².